The van der Waals surface area contributed by atoms with Crippen molar-refractivity contribution in [1.29, 1.82) is 0 Å². The molecule has 0 atom stereocenters. The predicted octanol–water partition coefficient (Wildman–Crippen LogP) is 2.80. The molecule has 0 N–H and O–H groups in total. The van der Waals surface area contributed by atoms with Crippen molar-refractivity contribution in [2.24, 2.45) is 0 Å². The summed E-state index contributed by atoms with van der Waals surface area (Å²) in [5, 5.41) is 0.952. The fourth-order valence-electron chi connectivity index (χ4n) is 1.80. The summed E-state index contributed by atoms with van der Waals surface area (Å²) in [5.74, 6) is -0.673. The smallest absolute Gasteiger partial charge is 0.379 e. The Bertz CT molecular complexity index is 622. The Morgan fingerprint density at radius 1 is 1.28 bits per heavy atom. The molecule has 0 aliphatic heterocycles. The molecule has 0 aliphatic carbocycles. The van der Waals surface area contributed by atoms with E-state index in [9.17, 15) is 9.59 Å². The maximum Gasteiger partial charge on any atom is 0.379 e. The first-order chi connectivity index (χ1) is 8.54. The third kappa shape index (κ3) is 2.01. The van der Waals surface area contributed by atoms with Crippen LogP contribution in [0, 0.1) is 13.8 Å². The lowest BCUT2D eigenvalue weighted by atomic mass is 10.1. The Morgan fingerprint density at radius 3 is 2.67 bits per heavy atom. The quantitative estimate of drug-likeness (QED) is 0.474. The van der Waals surface area contributed by atoms with Gasteiger partial charge in [0.25, 0.3) is 5.78 Å². The molecule has 94 valence electrons. The van der Waals surface area contributed by atoms with E-state index in [2.05, 4.69) is 4.74 Å². The van der Waals surface area contributed by atoms with Gasteiger partial charge in [0, 0.05) is 10.9 Å². The minimum absolute atomic E-state index is 0.186. The fourth-order valence-corrected chi connectivity index (χ4v) is 1.80. The van der Waals surface area contributed by atoms with Gasteiger partial charge in [0.1, 0.15) is 11.3 Å². The molecular weight excluding hydrogens is 232 g/mol. The van der Waals surface area contributed by atoms with Gasteiger partial charge in [-0.1, -0.05) is 6.07 Å². The van der Waals surface area contributed by atoms with Crippen LogP contribution in [0.15, 0.2) is 22.6 Å². The van der Waals surface area contributed by atoms with Crippen LogP contribution in [0.4, 0.5) is 0 Å². The van der Waals surface area contributed by atoms with Crippen LogP contribution in [-0.4, -0.2) is 18.4 Å². The number of hydrogen-bond donors (Lipinski definition) is 0. The Kier molecular flexibility index (Phi) is 3.19. The summed E-state index contributed by atoms with van der Waals surface area (Å²) in [4.78, 5) is 23.1. The molecule has 2 rings (SSSR count). The molecule has 0 unspecified atom stereocenters. The molecule has 0 spiro atoms. The second-order valence-corrected chi connectivity index (χ2v) is 4.04. The minimum Gasteiger partial charge on any atom is -0.461 e. The van der Waals surface area contributed by atoms with Gasteiger partial charge >= 0.3 is 5.97 Å². The number of Topliss-reactive ketones (excluding diaryl/α,β-unsaturated/α-hetero) is 1. The number of benzene rings is 1. The standard InChI is InChI=1S/C14H14O4/c1-4-17-14(16)13(15)10-5-6-11-8(2)9(3)18-12(11)7-10/h5-7H,4H2,1-3H3. The van der Waals surface area contributed by atoms with Crippen LogP contribution in [-0.2, 0) is 9.53 Å². The summed E-state index contributed by atoms with van der Waals surface area (Å²) in [6.07, 6.45) is 0. The number of ketones is 1. The maximum atomic E-state index is 11.8. The SMILES string of the molecule is CCOC(=O)C(=O)c1ccc2c(C)c(C)oc2c1. The van der Waals surface area contributed by atoms with Crippen LogP contribution in [0.1, 0.15) is 28.6 Å². The van der Waals surface area contributed by atoms with Gasteiger partial charge in [0.2, 0.25) is 0 Å². The van der Waals surface area contributed by atoms with Crippen LogP contribution in [0.25, 0.3) is 11.0 Å². The van der Waals surface area contributed by atoms with E-state index in [1.165, 1.54) is 0 Å². The summed E-state index contributed by atoms with van der Waals surface area (Å²) in [5.41, 5.74) is 1.94. The van der Waals surface area contributed by atoms with Gasteiger partial charge in [0.15, 0.2) is 0 Å². The monoisotopic (exact) mass is 246 g/mol. The van der Waals surface area contributed by atoms with Gasteiger partial charge in [-0.15, -0.1) is 0 Å². The molecule has 4 heteroatoms. The van der Waals surface area contributed by atoms with Crippen molar-refractivity contribution in [2.75, 3.05) is 6.61 Å². The van der Waals surface area contributed by atoms with Crippen molar-refractivity contribution in [1.82, 2.24) is 0 Å². The molecule has 0 amide bonds. The van der Waals surface area contributed by atoms with Gasteiger partial charge in [0.05, 0.1) is 6.61 Å². The maximum absolute atomic E-state index is 11.8. The molecule has 0 saturated carbocycles. The highest BCUT2D eigenvalue weighted by atomic mass is 16.5. The second-order valence-electron chi connectivity index (χ2n) is 4.04. The molecule has 0 saturated heterocycles. The molecule has 1 aromatic heterocycles. The average Bonchev–Trinajstić information content (AvgIpc) is 2.64. The number of rotatable bonds is 3. The number of carbonyl (C=O) groups excluding carboxylic acids is 2. The van der Waals surface area contributed by atoms with E-state index in [0.717, 1.165) is 16.7 Å². The lowest BCUT2D eigenvalue weighted by Crippen LogP contribution is -2.17. The summed E-state index contributed by atoms with van der Waals surface area (Å²) in [7, 11) is 0. The van der Waals surface area contributed by atoms with E-state index < -0.39 is 11.8 Å². The Balaban J connectivity index is 2.41. The first-order valence-electron chi connectivity index (χ1n) is 5.75. The molecule has 0 bridgehead atoms. The molecule has 1 aromatic carbocycles. The normalized spacial score (nSPS) is 10.6. The number of ether oxygens (including phenoxy) is 1. The van der Waals surface area contributed by atoms with Crippen molar-refractivity contribution in [2.45, 2.75) is 20.8 Å². The molecule has 0 aliphatic rings. The fraction of sp³-hybridized carbons (Fsp3) is 0.286. The first kappa shape index (κ1) is 12.4. The summed E-state index contributed by atoms with van der Waals surface area (Å²) < 4.78 is 10.2. The average molecular weight is 246 g/mol. The van der Waals surface area contributed by atoms with E-state index in [-0.39, 0.29) is 12.2 Å². The van der Waals surface area contributed by atoms with E-state index in [1.54, 1.807) is 25.1 Å². The molecule has 0 radical (unpaired) electrons. The van der Waals surface area contributed by atoms with Crippen LogP contribution >= 0.6 is 0 Å². The largest absolute Gasteiger partial charge is 0.461 e. The lowest BCUT2D eigenvalue weighted by Gasteiger charge is -2.00. The number of carbonyl (C=O) groups is 2. The second kappa shape index (κ2) is 4.64. The Morgan fingerprint density at radius 2 is 2.00 bits per heavy atom. The van der Waals surface area contributed by atoms with Crippen molar-refractivity contribution >= 4 is 22.7 Å². The van der Waals surface area contributed by atoms with Gasteiger partial charge in [-0.25, -0.2) is 4.79 Å². The van der Waals surface area contributed by atoms with Crippen LogP contribution in [0.2, 0.25) is 0 Å². The van der Waals surface area contributed by atoms with Crippen molar-refractivity contribution in [3.05, 3.63) is 35.1 Å². The highest BCUT2D eigenvalue weighted by Gasteiger charge is 2.19. The topological polar surface area (TPSA) is 56.5 Å². The first-order valence-corrected chi connectivity index (χ1v) is 5.75. The molecule has 4 nitrogen and oxygen atoms in total. The zero-order valence-corrected chi connectivity index (χ0v) is 10.6. The highest BCUT2D eigenvalue weighted by molar-refractivity contribution is 6.40. The van der Waals surface area contributed by atoms with Gasteiger partial charge < -0.3 is 9.15 Å². The van der Waals surface area contributed by atoms with E-state index in [1.807, 2.05) is 13.8 Å². The third-order valence-corrected chi connectivity index (χ3v) is 2.90. The van der Waals surface area contributed by atoms with Crippen LogP contribution < -0.4 is 0 Å². The lowest BCUT2D eigenvalue weighted by molar-refractivity contribution is -0.137. The number of fused-ring (bicyclic) bond motifs is 1. The van der Waals surface area contributed by atoms with Crippen molar-refractivity contribution in [3.8, 4) is 0 Å². The van der Waals surface area contributed by atoms with E-state index >= 15 is 0 Å². The zero-order valence-electron chi connectivity index (χ0n) is 10.6. The summed E-state index contributed by atoms with van der Waals surface area (Å²) in [6, 6.07) is 4.98. The number of furan rings is 1. The molecule has 18 heavy (non-hydrogen) atoms. The predicted molar refractivity (Wildman–Crippen MR) is 66.7 cm³/mol. The van der Waals surface area contributed by atoms with Gasteiger partial charge in [-0.2, -0.15) is 0 Å². The van der Waals surface area contributed by atoms with Gasteiger partial charge in [-0.3, -0.25) is 4.79 Å². The van der Waals surface area contributed by atoms with Crippen LogP contribution in [0.5, 0.6) is 0 Å². The Labute approximate surface area is 105 Å². The molecule has 2 aromatic rings. The molecular formula is C14H14O4. The summed E-state index contributed by atoms with van der Waals surface area (Å²) in [6.45, 7) is 5.66. The van der Waals surface area contributed by atoms with Crippen molar-refractivity contribution in [3.63, 3.8) is 0 Å². The molecule has 0 fully saturated rings. The van der Waals surface area contributed by atoms with Gasteiger partial charge in [-0.05, 0) is 38.5 Å². The van der Waals surface area contributed by atoms with E-state index in [4.69, 9.17) is 4.42 Å². The third-order valence-electron chi connectivity index (χ3n) is 2.90. The van der Waals surface area contributed by atoms with E-state index in [0.29, 0.717) is 5.58 Å². The van der Waals surface area contributed by atoms with Crippen molar-refractivity contribution < 1.29 is 18.7 Å². The number of aryl methyl sites for hydroxylation is 2. The number of esters is 1. The Hall–Kier alpha value is -2.10. The van der Waals surface area contributed by atoms with Crippen LogP contribution in [0.3, 0.4) is 0 Å². The minimum atomic E-state index is -0.836. The molecule has 1 heterocycles. The number of hydrogen-bond acceptors (Lipinski definition) is 4. The summed E-state index contributed by atoms with van der Waals surface area (Å²) >= 11 is 0. The highest BCUT2D eigenvalue weighted by Crippen LogP contribution is 2.25. The zero-order chi connectivity index (χ0) is 13.3.